The number of thioether (sulfide) groups is 1. The van der Waals surface area contributed by atoms with Crippen molar-refractivity contribution in [2.45, 2.75) is 32.4 Å². The second-order valence-electron chi connectivity index (χ2n) is 4.55. The molecule has 1 heterocycles. The summed E-state index contributed by atoms with van der Waals surface area (Å²) in [6, 6.07) is 0.592. The van der Waals surface area contributed by atoms with E-state index in [4.69, 9.17) is 4.74 Å². The molecule has 2 atom stereocenters. The molecule has 0 bridgehead atoms. The Morgan fingerprint density at radius 3 is 2.87 bits per heavy atom. The first-order chi connectivity index (χ1) is 7.18. The average molecular weight is 233 g/mol. The quantitative estimate of drug-likeness (QED) is 0.691. The molecule has 0 saturated carbocycles. The zero-order chi connectivity index (χ0) is 11.1. The van der Waals surface area contributed by atoms with Gasteiger partial charge in [0.05, 0.1) is 12.7 Å². The van der Waals surface area contributed by atoms with Gasteiger partial charge in [0.15, 0.2) is 0 Å². The van der Waals surface area contributed by atoms with E-state index < -0.39 is 0 Å². The van der Waals surface area contributed by atoms with Crippen LogP contribution in [0.25, 0.3) is 0 Å². The average Bonchev–Trinajstić information content (AvgIpc) is 2.66. The number of nitrogens with one attached hydrogen (secondary N) is 1. The van der Waals surface area contributed by atoms with Crippen molar-refractivity contribution in [2.24, 2.45) is 5.92 Å². The fraction of sp³-hybridized carbons (Fsp3) is 1.00. The summed E-state index contributed by atoms with van der Waals surface area (Å²) in [6.07, 6.45) is 0.860. The first-order valence-corrected chi connectivity index (χ1v) is 6.91. The molecule has 15 heavy (non-hydrogen) atoms. The Labute approximate surface area is 97.0 Å². The standard InChI is InChI=1S/C11H23NO2S/c1-9(2)6-14-7-11(13)5-12-10-3-4-15-8-10/h9-13H,3-8H2,1-2H3. The molecule has 0 aliphatic carbocycles. The fourth-order valence-corrected chi connectivity index (χ4v) is 2.68. The molecule has 0 aromatic carbocycles. The highest BCUT2D eigenvalue weighted by Crippen LogP contribution is 2.16. The topological polar surface area (TPSA) is 41.5 Å². The maximum atomic E-state index is 9.63. The van der Waals surface area contributed by atoms with Crippen molar-refractivity contribution in [3.05, 3.63) is 0 Å². The third-order valence-corrected chi connectivity index (χ3v) is 3.50. The molecule has 1 aliphatic rings. The van der Waals surface area contributed by atoms with Gasteiger partial charge in [0.1, 0.15) is 0 Å². The molecule has 1 rings (SSSR count). The van der Waals surface area contributed by atoms with Crippen molar-refractivity contribution in [2.75, 3.05) is 31.3 Å². The lowest BCUT2D eigenvalue weighted by Crippen LogP contribution is -2.37. The number of aliphatic hydroxyl groups excluding tert-OH is 1. The fourth-order valence-electron chi connectivity index (χ4n) is 1.50. The lowest BCUT2D eigenvalue weighted by Gasteiger charge is -2.16. The largest absolute Gasteiger partial charge is 0.389 e. The van der Waals surface area contributed by atoms with E-state index in [0.29, 0.717) is 25.1 Å². The third kappa shape index (κ3) is 6.40. The van der Waals surface area contributed by atoms with Crippen LogP contribution < -0.4 is 5.32 Å². The molecule has 4 heteroatoms. The second-order valence-corrected chi connectivity index (χ2v) is 5.70. The van der Waals surface area contributed by atoms with Gasteiger partial charge in [-0.15, -0.1) is 0 Å². The molecule has 90 valence electrons. The van der Waals surface area contributed by atoms with E-state index in [-0.39, 0.29) is 6.10 Å². The van der Waals surface area contributed by atoms with Crippen LogP contribution in [0.4, 0.5) is 0 Å². The molecular weight excluding hydrogens is 210 g/mol. The molecule has 1 saturated heterocycles. The summed E-state index contributed by atoms with van der Waals surface area (Å²) in [4.78, 5) is 0. The summed E-state index contributed by atoms with van der Waals surface area (Å²) in [5, 5.41) is 13.0. The summed E-state index contributed by atoms with van der Waals surface area (Å²) in [7, 11) is 0. The van der Waals surface area contributed by atoms with Crippen LogP contribution in [-0.4, -0.2) is 48.5 Å². The first-order valence-electron chi connectivity index (χ1n) is 5.75. The molecule has 2 unspecified atom stereocenters. The smallest absolute Gasteiger partial charge is 0.0897 e. The van der Waals surface area contributed by atoms with E-state index in [1.807, 2.05) is 11.8 Å². The monoisotopic (exact) mass is 233 g/mol. The van der Waals surface area contributed by atoms with Crippen molar-refractivity contribution in [3.8, 4) is 0 Å². The Morgan fingerprint density at radius 1 is 1.47 bits per heavy atom. The second kappa shape index (κ2) is 7.49. The van der Waals surface area contributed by atoms with Crippen molar-refractivity contribution in [3.63, 3.8) is 0 Å². The van der Waals surface area contributed by atoms with E-state index >= 15 is 0 Å². The van der Waals surface area contributed by atoms with Gasteiger partial charge < -0.3 is 15.2 Å². The Kier molecular flexibility index (Phi) is 6.64. The van der Waals surface area contributed by atoms with E-state index in [2.05, 4.69) is 19.2 Å². The molecule has 3 nitrogen and oxygen atoms in total. The van der Waals surface area contributed by atoms with Crippen LogP contribution in [0, 0.1) is 5.92 Å². The minimum atomic E-state index is -0.366. The van der Waals surface area contributed by atoms with Crippen LogP contribution in [-0.2, 0) is 4.74 Å². The molecule has 2 N–H and O–H groups in total. The summed E-state index contributed by atoms with van der Waals surface area (Å²) in [5.41, 5.74) is 0. The normalized spacial score (nSPS) is 23.6. The Morgan fingerprint density at radius 2 is 2.27 bits per heavy atom. The highest BCUT2D eigenvalue weighted by atomic mass is 32.2. The third-order valence-electron chi connectivity index (χ3n) is 2.33. The van der Waals surface area contributed by atoms with E-state index in [1.165, 1.54) is 17.9 Å². The number of ether oxygens (including phenoxy) is 1. The minimum Gasteiger partial charge on any atom is -0.389 e. The van der Waals surface area contributed by atoms with Crippen LogP contribution in [0.5, 0.6) is 0 Å². The number of aliphatic hydroxyl groups is 1. The predicted molar refractivity (Wildman–Crippen MR) is 65.4 cm³/mol. The van der Waals surface area contributed by atoms with Crippen molar-refractivity contribution in [1.29, 1.82) is 0 Å². The van der Waals surface area contributed by atoms with Crippen LogP contribution in [0.2, 0.25) is 0 Å². The summed E-state index contributed by atoms with van der Waals surface area (Å²) in [5.74, 6) is 2.97. The Hall–Kier alpha value is 0.230. The number of hydrogen-bond acceptors (Lipinski definition) is 4. The lowest BCUT2D eigenvalue weighted by molar-refractivity contribution is 0.0253. The molecule has 0 radical (unpaired) electrons. The van der Waals surface area contributed by atoms with E-state index in [1.54, 1.807) is 0 Å². The van der Waals surface area contributed by atoms with Gasteiger partial charge in [0.2, 0.25) is 0 Å². The number of hydrogen-bond donors (Lipinski definition) is 2. The van der Waals surface area contributed by atoms with Gasteiger partial charge in [-0.3, -0.25) is 0 Å². The molecule has 0 aromatic heterocycles. The van der Waals surface area contributed by atoms with Gasteiger partial charge in [-0.2, -0.15) is 11.8 Å². The Balaban J connectivity index is 1.95. The van der Waals surface area contributed by atoms with E-state index in [9.17, 15) is 5.11 Å². The lowest BCUT2D eigenvalue weighted by atomic mass is 10.2. The van der Waals surface area contributed by atoms with Crippen molar-refractivity contribution >= 4 is 11.8 Å². The van der Waals surface area contributed by atoms with Crippen molar-refractivity contribution in [1.82, 2.24) is 5.32 Å². The summed E-state index contributed by atoms with van der Waals surface area (Å²) in [6.45, 7) is 6.06. The molecule has 0 aromatic rings. The molecule has 0 spiro atoms. The first kappa shape index (κ1) is 13.3. The zero-order valence-electron chi connectivity index (χ0n) is 9.74. The van der Waals surface area contributed by atoms with Gasteiger partial charge in [0, 0.05) is 24.9 Å². The van der Waals surface area contributed by atoms with E-state index in [0.717, 1.165) is 6.61 Å². The van der Waals surface area contributed by atoms with Gasteiger partial charge in [-0.25, -0.2) is 0 Å². The maximum Gasteiger partial charge on any atom is 0.0897 e. The van der Waals surface area contributed by atoms with Crippen LogP contribution in [0.3, 0.4) is 0 Å². The van der Waals surface area contributed by atoms with Gasteiger partial charge >= 0.3 is 0 Å². The molecule has 0 amide bonds. The zero-order valence-corrected chi connectivity index (χ0v) is 10.6. The van der Waals surface area contributed by atoms with Crippen LogP contribution in [0.1, 0.15) is 20.3 Å². The minimum absolute atomic E-state index is 0.366. The van der Waals surface area contributed by atoms with Crippen LogP contribution >= 0.6 is 11.8 Å². The summed E-state index contributed by atoms with van der Waals surface area (Å²) >= 11 is 1.98. The van der Waals surface area contributed by atoms with Gasteiger partial charge in [-0.05, 0) is 18.1 Å². The predicted octanol–water partition coefficient (Wildman–Crippen LogP) is 1.12. The highest BCUT2D eigenvalue weighted by molar-refractivity contribution is 7.99. The Bertz CT molecular complexity index is 161. The van der Waals surface area contributed by atoms with Crippen molar-refractivity contribution < 1.29 is 9.84 Å². The SMILES string of the molecule is CC(C)COCC(O)CNC1CCSC1. The van der Waals surface area contributed by atoms with Gasteiger partial charge in [-0.1, -0.05) is 13.8 Å². The highest BCUT2D eigenvalue weighted by Gasteiger charge is 2.15. The van der Waals surface area contributed by atoms with Gasteiger partial charge in [0.25, 0.3) is 0 Å². The summed E-state index contributed by atoms with van der Waals surface area (Å²) < 4.78 is 5.38. The molecular formula is C11H23NO2S. The molecule has 1 fully saturated rings. The number of rotatable bonds is 7. The maximum absolute atomic E-state index is 9.63. The van der Waals surface area contributed by atoms with Crippen LogP contribution in [0.15, 0.2) is 0 Å². The molecule has 1 aliphatic heterocycles.